The number of hydrogen-bond acceptors (Lipinski definition) is 3. The summed E-state index contributed by atoms with van der Waals surface area (Å²) >= 11 is 0. The van der Waals surface area contributed by atoms with Crippen LogP contribution in [0, 0.1) is 0 Å². The number of ether oxygens (including phenoxy) is 1. The van der Waals surface area contributed by atoms with Crippen molar-refractivity contribution < 1.29 is 14.3 Å². The first kappa shape index (κ1) is 17.7. The molecule has 0 radical (unpaired) electrons. The van der Waals surface area contributed by atoms with Crippen molar-refractivity contribution in [2.45, 2.75) is 32.5 Å². The van der Waals surface area contributed by atoms with Crippen molar-refractivity contribution in [2.75, 3.05) is 0 Å². The molecule has 134 valence electrons. The molecule has 0 aliphatic heterocycles. The normalized spacial score (nSPS) is 11.9. The highest BCUT2D eigenvalue weighted by Gasteiger charge is 2.17. The Morgan fingerprint density at radius 1 is 1.04 bits per heavy atom. The highest BCUT2D eigenvalue weighted by Crippen LogP contribution is 2.15. The number of aryl methyl sites for hydroxylation is 1. The van der Waals surface area contributed by atoms with Gasteiger partial charge in [-0.25, -0.2) is 0 Å². The molecule has 1 atom stereocenters. The summed E-state index contributed by atoms with van der Waals surface area (Å²) in [5.74, 6) is -0.682. The first-order valence-electron chi connectivity index (χ1n) is 8.68. The highest BCUT2D eigenvalue weighted by atomic mass is 16.5. The van der Waals surface area contributed by atoms with Gasteiger partial charge in [-0.2, -0.15) is 0 Å². The lowest BCUT2D eigenvalue weighted by Gasteiger charge is -2.14. The number of para-hydroxylation sites is 1. The molecule has 3 rings (SSSR count). The van der Waals surface area contributed by atoms with Gasteiger partial charge >= 0.3 is 5.97 Å². The van der Waals surface area contributed by atoms with Crippen LogP contribution < -0.4 is 5.32 Å². The minimum Gasteiger partial charge on any atom is -0.452 e. The Labute approximate surface area is 152 Å². The molecule has 1 aromatic heterocycles. The molecule has 0 bridgehead atoms. The van der Waals surface area contributed by atoms with E-state index in [1.54, 1.807) is 6.92 Å². The molecule has 26 heavy (non-hydrogen) atoms. The molecule has 5 nitrogen and oxygen atoms in total. The van der Waals surface area contributed by atoms with E-state index in [-0.39, 0.29) is 18.3 Å². The number of rotatable bonds is 7. The van der Waals surface area contributed by atoms with E-state index in [4.69, 9.17) is 4.74 Å². The topological polar surface area (TPSA) is 60.3 Å². The van der Waals surface area contributed by atoms with Crippen LogP contribution in [0.2, 0.25) is 0 Å². The molecule has 1 amide bonds. The standard InChI is InChI=1S/C21H22N2O3/c1-16(21(25)22-15-17-7-3-2-4-8-17)26-20(24)12-14-23-13-11-18-9-5-6-10-19(18)23/h2-11,13,16H,12,14-15H2,1H3,(H,22,25). The van der Waals surface area contributed by atoms with Crippen LogP contribution in [0.5, 0.6) is 0 Å². The molecular formula is C21H22N2O3. The number of fused-ring (bicyclic) bond motifs is 1. The van der Waals surface area contributed by atoms with Crippen molar-refractivity contribution in [3.63, 3.8) is 0 Å². The molecule has 3 aromatic rings. The first-order valence-corrected chi connectivity index (χ1v) is 8.68. The maximum absolute atomic E-state index is 12.1. The minimum atomic E-state index is -0.812. The first-order chi connectivity index (χ1) is 12.6. The third kappa shape index (κ3) is 4.51. The fourth-order valence-corrected chi connectivity index (χ4v) is 2.79. The van der Waals surface area contributed by atoms with Gasteiger partial charge in [-0.1, -0.05) is 48.5 Å². The third-order valence-corrected chi connectivity index (χ3v) is 4.22. The lowest BCUT2D eigenvalue weighted by atomic mass is 10.2. The number of hydrogen-bond donors (Lipinski definition) is 1. The van der Waals surface area contributed by atoms with Crippen LogP contribution in [-0.2, 0) is 27.4 Å². The van der Waals surface area contributed by atoms with Gasteiger partial charge in [-0.15, -0.1) is 0 Å². The Kier molecular flexibility index (Phi) is 5.69. The van der Waals surface area contributed by atoms with Gasteiger partial charge in [0.15, 0.2) is 6.10 Å². The van der Waals surface area contributed by atoms with Gasteiger partial charge in [-0.3, -0.25) is 9.59 Å². The summed E-state index contributed by atoms with van der Waals surface area (Å²) in [4.78, 5) is 24.1. The van der Waals surface area contributed by atoms with Crippen LogP contribution >= 0.6 is 0 Å². The smallest absolute Gasteiger partial charge is 0.308 e. The molecular weight excluding hydrogens is 328 g/mol. The number of nitrogens with zero attached hydrogens (tertiary/aromatic N) is 1. The van der Waals surface area contributed by atoms with Crippen LogP contribution in [0.4, 0.5) is 0 Å². The molecule has 0 saturated carbocycles. The van der Waals surface area contributed by atoms with E-state index < -0.39 is 6.10 Å². The SMILES string of the molecule is CC(OC(=O)CCn1ccc2ccccc21)C(=O)NCc1ccccc1. The van der Waals surface area contributed by atoms with Crippen molar-refractivity contribution in [1.29, 1.82) is 0 Å². The fraction of sp³-hybridized carbons (Fsp3) is 0.238. The summed E-state index contributed by atoms with van der Waals surface area (Å²) in [6.07, 6.45) is 1.36. The Balaban J connectivity index is 1.45. The zero-order valence-electron chi connectivity index (χ0n) is 14.7. The average Bonchev–Trinajstić information content (AvgIpc) is 3.08. The van der Waals surface area contributed by atoms with Crippen LogP contribution in [-0.4, -0.2) is 22.5 Å². The Morgan fingerprint density at radius 2 is 1.77 bits per heavy atom. The van der Waals surface area contributed by atoms with Crippen molar-refractivity contribution >= 4 is 22.8 Å². The maximum Gasteiger partial charge on any atom is 0.308 e. The number of nitrogens with one attached hydrogen (secondary N) is 1. The van der Waals surface area contributed by atoms with E-state index in [2.05, 4.69) is 5.32 Å². The molecule has 1 N–H and O–H groups in total. The van der Waals surface area contributed by atoms with Gasteiger partial charge in [0.25, 0.3) is 5.91 Å². The van der Waals surface area contributed by atoms with Gasteiger partial charge < -0.3 is 14.6 Å². The van der Waals surface area contributed by atoms with Crippen LogP contribution in [0.25, 0.3) is 10.9 Å². The summed E-state index contributed by atoms with van der Waals surface area (Å²) < 4.78 is 7.26. The van der Waals surface area contributed by atoms with Crippen molar-refractivity contribution in [3.8, 4) is 0 Å². The van der Waals surface area contributed by atoms with Gasteiger partial charge in [0.2, 0.25) is 0 Å². The van der Waals surface area contributed by atoms with Gasteiger partial charge in [0.05, 0.1) is 6.42 Å². The van der Waals surface area contributed by atoms with Crippen LogP contribution in [0.15, 0.2) is 66.9 Å². The van der Waals surface area contributed by atoms with E-state index >= 15 is 0 Å². The van der Waals surface area contributed by atoms with Gasteiger partial charge in [0, 0.05) is 24.8 Å². The van der Waals surface area contributed by atoms with E-state index in [9.17, 15) is 9.59 Å². The summed E-state index contributed by atoms with van der Waals surface area (Å²) in [6, 6.07) is 19.6. The number of amides is 1. The monoisotopic (exact) mass is 350 g/mol. The molecule has 2 aromatic carbocycles. The quantitative estimate of drug-likeness (QED) is 0.665. The molecule has 1 unspecified atom stereocenters. The highest BCUT2D eigenvalue weighted by molar-refractivity contribution is 5.83. The summed E-state index contributed by atoms with van der Waals surface area (Å²) in [7, 11) is 0. The predicted octanol–water partition coefficient (Wildman–Crippen LogP) is 3.28. The maximum atomic E-state index is 12.1. The van der Waals surface area contributed by atoms with Gasteiger partial charge in [0.1, 0.15) is 0 Å². The Hall–Kier alpha value is -3.08. The number of esters is 1. The second-order valence-corrected chi connectivity index (χ2v) is 6.15. The van der Waals surface area contributed by atoms with E-state index in [0.29, 0.717) is 13.1 Å². The van der Waals surface area contributed by atoms with Crippen molar-refractivity contribution in [3.05, 3.63) is 72.4 Å². The molecule has 1 heterocycles. The molecule has 0 aliphatic carbocycles. The zero-order valence-corrected chi connectivity index (χ0v) is 14.7. The predicted molar refractivity (Wildman–Crippen MR) is 100 cm³/mol. The van der Waals surface area contributed by atoms with E-state index in [1.807, 2.05) is 71.4 Å². The average molecular weight is 350 g/mol. The number of benzene rings is 2. The summed E-state index contributed by atoms with van der Waals surface area (Å²) in [6.45, 7) is 2.52. The third-order valence-electron chi connectivity index (χ3n) is 4.22. The second-order valence-electron chi connectivity index (χ2n) is 6.15. The van der Waals surface area contributed by atoms with E-state index in [1.165, 1.54) is 0 Å². The molecule has 0 saturated heterocycles. The number of carbonyl (C=O) groups is 2. The second kappa shape index (κ2) is 8.34. The van der Waals surface area contributed by atoms with Crippen LogP contribution in [0.1, 0.15) is 18.9 Å². The van der Waals surface area contributed by atoms with Crippen LogP contribution in [0.3, 0.4) is 0 Å². The molecule has 5 heteroatoms. The minimum absolute atomic E-state index is 0.217. The molecule has 0 aliphatic rings. The number of aromatic nitrogens is 1. The van der Waals surface area contributed by atoms with Gasteiger partial charge in [-0.05, 0) is 30.0 Å². The lowest BCUT2D eigenvalue weighted by Crippen LogP contribution is -2.35. The van der Waals surface area contributed by atoms with E-state index in [0.717, 1.165) is 16.5 Å². The fourth-order valence-electron chi connectivity index (χ4n) is 2.79. The summed E-state index contributed by atoms with van der Waals surface area (Å²) in [5.41, 5.74) is 2.08. The Morgan fingerprint density at radius 3 is 2.58 bits per heavy atom. The Bertz CT molecular complexity index is 886. The largest absolute Gasteiger partial charge is 0.452 e. The molecule has 0 spiro atoms. The van der Waals surface area contributed by atoms with Crippen molar-refractivity contribution in [1.82, 2.24) is 9.88 Å². The zero-order chi connectivity index (χ0) is 18.4. The lowest BCUT2D eigenvalue weighted by molar-refractivity contribution is -0.155. The van der Waals surface area contributed by atoms with Crippen molar-refractivity contribution in [2.24, 2.45) is 0 Å². The molecule has 0 fully saturated rings. The summed E-state index contributed by atoms with van der Waals surface area (Å²) in [5, 5.41) is 3.91. The number of carbonyl (C=O) groups excluding carboxylic acids is 2.